The Labute approximate surface area is 208 Å². The Hall–Kier alpha value is -4.30. The normalized spacial score (nSPS) is 15.7. The van der Waals surface area contributed by atoms with Crippen molar-refractivity contribution in [3.05, 3.63) is 101 Å². The Morgan fingerprint density at radius 1 is 0.778 bits per heavy atom. The number of aliphatic hydroxyl groups excluding tert-OH is 1. The van der Waals surface area contributed by atoms with Crippen LogP contribution in [-0.2, 0) is 4.79 Å². The zero-order valence-corrected chi connectivity index (χ0v) is 19.5. The van der Waals surface area contributed by atoms with Gasteiger partial charge >= 0.3 is 0 Å². The van der Waals surface area contributed by atoms with Crippen LogP contribution in [0.3, 0.4) is 0 Å². The summed E-state index contributed by atoms with van der Waals surface area (Å²) in [5.74, 6) is -1.57. The lowest BCUT2D eigenvalue weighted by atomic mass is 9.83. The molecular formula is C28H25N3O5. The average molecular weight is 484 g/mol. The Bertz CT molecular complexity index is 1350. The maximum Gasteiger partial charge on any atom is 0.252 e. The van der Waals surface area contributed by atoms with Crippen LogP contribution in [0.25, 0.3) is 0 Å². The van der Waals surface area contributed by atoms with Crippen LogP contribution in [0.1, 0.15) is 42.2 Å². The molecule has 0 spiro atoms. The van der Waals surface area contributed by atoms with Crippen LogP contribution in [0.15, 0.2) is 72.8 Å². The van der Waals surface area contributed by atoms with Gasteiger partial charge in [-0.05, 0) is 30.3 Å². The molecule has 1 saturated heterocycles. The standard InChI is InChI=1S/C28H25N3O5/c32-17-24(28(36)31-14-12-30(13-15-31)19-6-2-1-3-7-19)29-27(35)18-10-11-22-23(16-18)26(34)21-9-5-4-8-20(21)25(22)33/h1-11,16,24,32H,12-15,17H2,(H,29,35). The van der Waals surface area contributed by atoms with Crippen LogP contribution in [0.5, 0.6) is 0 Å². The van der Waals surface area contributed by atoms with Gasteiger partial charge in [0.15, 0.2) is 11.6 Å². The van der Waals surface area contributed by atoms with Gasteiger partial charge in [-0.2, -0.15) is 0 Å². The number of benzene rings is 3. The molecule has 2 N–H and O–H groups in total. The van der Waals surface area contributed by atoms with Crippen molar-refractivity contribution in [2.24, 2.45) is 0 Å². The quantitative estimate of drug-likeness (QED) is 0.449. The predicted octanol–water partition coefficient (Wildman–Crippen LogP) is 1.90. The lowest BCUT2D eigenvalue weighted by Crippen LogP contribution is -2.56. The second-order valence-electron chi connectivity index (χ2n) is 8.82. The molecule has 0 radical (unpaired) electrons. The van der Waals surface area contributed by atoms with Gasteiger partial charge in [-0.3, -0.25) is 19.2 Å². The first-order valence-corrected chi connectivity index (χ1v) is 11.8. The molecule has 36 heavy (non-hydrogen) atoms. The summed E-state index contributed by atoms with van der Waals surface area (Å²) in [5.41, 5.74) is 2.24. The first kappa shape index (κ1) is 23.4. The number of piperazine rings is 1. The number of ketones is 2. The molecule has 1 aliphatic heterocycles. The van der Waals surface area contributed by atoms with Crippen molar-refractivity contribution >= 4 is 29.1 Å². The molecule has 1 heterocycles. The summed E-state index contributed by atoms with van der Waals surface area (Å²) in [6, 6.07) is 19.7. The Balaban J connectivity index is 1.27. The minimum Gasteiger partial charge on any atom is -0.394 e. The second-order valence-corrected chi connectivity index (χ2v) is 8.82. The molecule has 1 unspecified atom stereocenters. The van der Waals surface area contributed by atoms with E-state index in [1.165, 1.54) is 18.2 Å². The van der Waals surface area contributed by atoms with E-state index in [1.807, 2.05) is 30.3 Å². The van der Waals surface area contributed by atoms with Crippen LogP contribution in [0.2, 0.25) is 0 Å². The molecule has 0 bridgehead atoms. The highest BCUT2D eigenvalue weighted by atomic mass is 16.3. The third-order valence-corrected chi connectivity index (χ3v) is 6.69. The van der Waals surface area contributed by atoms with Gasteiger partial charge < -0.3 is 20.2 Å². The highest BCUT2D eigenvalue weighted by molar-refractivity contribution is 6.28. The minimum atomic E-state index is -1.12. The molecule has 1 fully saturated rings. The minimum absolute atomic E-state index is 0.134. The summed E-state index contributed by atoms with van der Waals surface area (Å²) in [4.78, 5) is 55.6. The maximum absolute atomic E-state index is 13.0. The van der Waals surface area contributed by atoms with Crippen LogP contribution in [0, 0.1) is 0 Å². The predicted molar refractivity (Wildman–Crippen MR) is 133 cm³/mol. The Morgan fingerprint density at radius 3 is 2.00 bits per heavy atom. The zero-order valence-electron chi connectivity index (χ0n) is 19.5. The maximum atomic E-state index is 13.0. The van der Waals surface area contributed by atoms with Gasteiger partial charge in [0.1, 0.15) is 6.04 Å². The number of nitrogens with zero attached hydrogens (tertiary/aromatic N) is 2. The van der Waals surface area contributed by atoms with Gasteiger partial charge in [0.25, 0.3) is 5.91 Å². The molecule has 8 heteroatoms. The third-order valence-electron chi connectivity index (χ3n) is 6.69. The number of hydrogen-bond donors (Lipinski definition) is 2. The number of carbonyl (C=O) groups excluding carboxylic acids is 4. The van der Waals surface area contributed by atoms with Crippen LogP contribution < -0.4 is 10.2 Å². The monoisotopic (exact) mass is 483 g/mol. The van der Waals surface area contributed by atoms with E-state index >= 15 is 0 Å². The fourth-order valence-electron chi connectivity index (χ4n) is 4.71. The molecule has 2 amide bonds. The van der Waals surface area contributed by atoms with E-state index in [0.29, 0.717) is 37.3 Å². The van der Waals surface area contributed by atoms with E-state index in [4.69, 9.17) is 0 Å². The molecule has 1 atom stereocenters. The molecule has 3 aromatic rings. The van der Waals surface area contributed by atoms with Crippen molar-refractivity contribution < 1.29 is 24.3 Å². The topological polar surface area (TPSA) is 107 Å². The van der Waals surface area contributed by atoms with Gasteiger partial charge in [0, 0.05) is 59.7 Å². The molecule has 182 valence electrons. The number of carbonyl (C=O) groups is 4. The molecule has 5 rings (SSSR count). The first-order chi connectivity index (χ1) is 17.5. The van der Waals surface area contributed by atoms with Gasteiger partial charge in [-0.1, -0.05) is 42.5 Å². The van der Waals surface area contributed by atoms with E-state index in [-0.39, 0.29) is 34.2 Å². The SMILES string of the molecule is O=C(NC(CO)C(=O)N1CCN(c2ccccc2)CC1)c1ccc2c(c1)C(=O)c1ccccc1C2=O. The van der Waals surface area contributed by atoms with Crippen molar-refractivity contribution in [1.29, 1.82) is 0 Å². The number of para-hydroxylation sites is 1. The van der Waals surface area contributed by atoms with Crippen LogP contribution in [-0.4, -0.2) is 72.2 Å². The van der Waals surface area contributed by atoms with E-state index in [2.05, 4.69) is 10.2 Å². The van der Waals surface area contributed by atoms with Crippen molar-refractivity contribution in [3.63, 3.8) is 0 Å². The highest BCUT2D eigenvalue weighted by Gasteiger charge is 2.32. The smallest absolute Gasteiger partial charge is 0.252 e. The third kappa shape index (κ3) is 4.27. The van der Waals surface area contributed by atoms with E-state index < -0.39 is 18.6 Å². The average Bonchev–Trinajstić information content (AvgIpc) is 2.94. The molecule has 2 aliphatic rings. The summed E-state index contributed by atoms with van der Waals surface area (Å²) in [7, 11) is 0. The number of rotatable bonds is 5. The molecule has 0 aromatic heterocycles. The lowest BCUT2D eigenvalue weighted by molar-refractivity contribution is -0.134. The number of hydrogen-bond acceptors (Lipinski definition) is 6. The van der Waals surface area contributed by atoms with E-state index in [1.54, 1.807) is 29.2 Å². The van der Waals surface area contributed by atoms with Crippen LogP contribution in [0.4, 0.5) is 5.69 Å². The van der Waals surface area contributed by atoms with E-state index in [9.17, 15) is 24.3 Å². The van der Waals surface area contributed by atoms with Gasteiger partial charge in [-0.15, -0.1) is 0 Å². The van der Waals surface area contributed by atoms with Crippen LogP contribution >= 0.6 is 0 Å². The second kappa shape index (κ2) is 9.75. The number of fused-ring (bicyclic) bond motifs is 2. The summed E-state index contributed by atoms with van der Waals surface area (Å²) < 4.78 is 0. The number of nitrogens with one attached hydrogen (secondary N) is 1. The zero-order chi connectivity index (χ0) is 25.2. The van der Waals surface area contributed by atoms with Gasteiger partial charge in [0.2, 0.25) is 5.91 Å². The molecule has 1 aliphatic carbocycles. The Kier molecular flexibility index (Phi) is 6.35. The summed E-state index contributed by atoms with van der Waals surface area (Å²) in [5, 5.41) is 12.4. The first-order valence-electron chi connectivity index (χ1n) is 11.8. The van der Waals surface area contributed by atoms with Gasteiger partial charge in [-0.25, -0.2) is 0 Å². The van der Waals surface area contributed by atoms with Gasteiger partial charge in [0.05, 0.1) is 6.61 Å². The van der Waals surface area contributed by atoms with Crippen molar-refractivity contribution in [1.82, 2.24) is 10.2 Å². The van der Waals surface area contributed by atoms with E-state index in [0.717, 1.165) is 5.69 Å². The molecule has 8 nitrogen and oxygen atoms in total. The molecular weight excluding hydrogens is 458 g/mol. The highest BCUT2D eigenvalue weighted by Crippen LogP contribution is 2.28. The number of anilines is 1. The lowest BCUT2D eigenvalue weighted by Gasteiger charge is -2.37. The fraction of sp³-hybridized carbons (Fsp3) is 0.214. The van der Waals surface area contributed by atoms with Crippen molar-refractivity contribution in [3.8, 4) is 0 Å². The fourth-order valence-corrected chi connectivity index (χ4v) is 4.71. The molecule has 0 saturated carbocycles. The van der Waals surface area contributed by atoms with Crippen molar-refractivity contribution in [2.45, 2.75) is 6.04 Å². The summed E-state index contributed by atoms with van der Waals surface area (Å²) >= 11 is 0. The summed E-state index contributed by atoms with van der Waals surface area (Å²) in [6.07, 6.45) is 0. The van der Waals surface area contributed by atoms with Crippen molar-refractivity contribution in [2.75, 3.05) is 37.7 Å². The Morgan fingerprint density at radius 2 is 1.36 bits per heavy atom. The largest absolute Gasteiger partial charge is 0.394 e. The number of aliphatic hydroxyl groups is 1. The summed E-state index contributed by atoms with van der Waals surface area (Å²) in [6.45, 7) is 1.66. The molecule has 3 aromatic carbocycles. The number of amides is 2.